The number of halogens is 1. The van der Waals surface area contributed by atoms with Gasteiger partial charge in [-0.1, -0.05) is 23.7 Å². The van der Waals surface area contributed by atoms with E-state index < -0.39 is 12.2 Å². The second-order valence-electron chi connectivity index (χ2n) is 6.25. The van der Waals surface area contributed by atoms with Gasteiger partial charge in [0, 0.05) is 29.9 Å². The first kappa shape index (κ1) is 16.3. The fourth-order valence-electron chi connectivity index (χ4n) is 3.30. The molecule has 0 radical (unpaired) electrons. The maximum Gasteiger partial charge on any atom is 0.203 e. The smallest absolute Gasteiger partial charge is 0.203 e. The van der Waals surface area contributed by atoms with Crippen LogP contribution in [0.4, 0.5) is 5.82 Å². The van der Waals surface area contributed by atoms with Crippen molar-refractivity contribution in [1.29, 1.82) is 0 Å². The number of fused-ring (bicyclic) bond motifs is 1. The summed E-state index contributed by atoms with van der Waals surface area (Å²) in [6, 6.07) is 7.59. The molecule has 0 unspecified atom stereocenters. The average molecular weight is 360 g/mol. The Morgan fingerprint density at radius 1 is 1.24 bits per heavy atom. The molecule has 0 saturated heterocycles. The number of benzene rings is 1. The first-order valence-corrected chi connectivity index (χ1v) is 8.55. The van der Waals surface area contributed by atoms with Crippen molar-refractivity contribution in [3.8, 4) is 0 Å². The van der Waals surface area contributed by atoms with Gasteiger partial charge in [0.1, 0.15) is 5.82 Å². The minimum atomic E-state index is -0.816. The van der Waals surface area contributed by atoms with E-state index in [0.717, 1.165) is 5.56 Å². The van der Waals surface area contributed by atoms with E-state index in [0.29, 0.717) is 41.7 Å². The molecule has 8 heteroatoms. The summed E-state index contributed by atoms with van der Waals surface area (Å²) in [6.07, 6.45) is 3.15. The summed E-state index contributed by atoms with van der Waals surface area (Å²) in [4.78, 5) is 4.34. The molecule has 4 rings (SSSR count). The Hall–Kier alpha value is -2.22. The van der Waals surface area contributed by atoms with Gasteiger partial charge < -0.3 is 15.5 Å². The molecule has 130 valence electrons. The Balaban J connectivity index is 1.61. The van der Waals surface area contributed by atoms with Gasteiger partial charge in [-0.05, 0) is 30.5 Å². The van der Waals surface area contributed by atoms with Gasteiger partial charge >= 0.3 is 0 Å². The van der Waals surface area contributed by atoms with Crippen LogP contribution in [0.1, 0.15) is 30.1 Å². The molecular weight excluding hydrogens is 342 g/mol. The van der Waals surface area contributed by atoms with Crippen LogP contribution in [-0.2, 0) is 6.54 Å². The van der Waals surface area contributed by atoms with E-state index in [1.807, 2.05) is 28.7 Å². The largest absolute Gasteiger partial charge is 0.390 e. The molecule has 0 bridgehead atoms. The lowest BCUT2D eigenvalue weighted by Gasteiger charge is -2.14. The number of aromatic nitrogens is 4. The second kappa shape index (κ2) is 6.59. The number of nitrogens with one attached hydrogen (secondary N) is 1. The summed E-state index contributed by atoms with van der Waals surface area (Å²) in [5, 5.41) is 32.3. The summed E-state index contributed by atoms with van der Waals surface area (Å²) < 4.78 is 1.82. The monoisotopic (exact) mass is 359 g/mol. The molecule has 2 aromatic heterocycles. The fraction of sp³-hybridized carbons (Fsp3) is 0.353. The van der Waals surface area contributed by atoms with Crippen LogP contribution in [0.3, 0.4) is 0 Å². The molecule has 1 fully saturated rings. The molecule has 1 aliphatic carbocycles. The Kier molecular flexibility index (Phi) is 4.29. The molecule has 1 aliphatic rings. The van der Waals surface area contributed by atoms with E-state index in [1.54, 1.807) is 12.4 Å². The predicted molar refractivity (Wildman–Crippen MR) is 93.5 cm³/mol. The molecule has 2 heterocycles. The minimum absolute atomic E-state index is 0.229. The third-order valence-electron chi connectivity index (χ3n) is 4.61. The number of anilines is 1. The SMILES string of the molecule is O[C@@H]1[C@H](O)CC[C@H]1c1nnc2c(NCc3cccc(Cl)c3)nccn12. The summed E-state index contributed by atoms with van der Waals surface area (Å²) in [7, 11) is 0. The van der Waals surface area contributed by atoms with E-state index in [4.69, 9.17) is 11.6 Å². The van der Waals surface area contributed by atoms with E-state index in [1.165, 1.54) is 0 Å². The fourth-order valence-corrected chi connectivity index (χ4v) is 3.51. The van der Waals surface area contributed by atoms with Crippen molar-refractivity contribution >= 4 is 23.1 Å². The lowest BCUT2D eigenvalue weighted by molar-refractivity contribution is 0.0338. The Morgan fingerprint density at radius 3 is 2.88 bits per heavy atom. The number of aliphatic hydroxyl groups excluding tert-OH is 2. The molecule has 1 saturated carbocycles. The van der Waals surface area contributed by atoms with Gasteiger partial charge in [0.05, 0.1) is 12.2 Å². The topological polar surface area (TPSA) is 95.6 Å². The molecule has 1 aromatic carbocycles. The van der Waals surface area contributed by atoms with Crippen LogP contribution in [0.2, 0.25) is 5.02 Å². The van der Waals surface area contributed by atoms with Crippen molar-refractivity contribution < 1.29 is 10.2 Å². The van der Waals surface area contributed by atoms with Crippen LogP contribution in [0.5, 0.6) is 0 Å². The second-order valence-corrected chi connectivity index (χ2v) is 6.69. The van der Waals surface area contributed by atoms with Gasteiger partial charge in [0.25, 0.3) is 0 Å². The molecule has 3 aromatic rings. The Bertz CT molecular complexity index is 900. The van der Waals surface area contributed by atoms with Crippen molar-refractivity contribution in [3.05, 3.63) is 53.1 Å². The van der Waals surface area contributed by atoms with Crippen LogP contribution < -0.4 is 5.32 Å². The van der Waals surface area contributed by atoms with Crippen LogP contribution in [0, 0.1) is 0 Å². The van der Waals surface area contributed by atoms with E-state index in [9.17, 15) is 10.2 Å². The maximum atomic E-state index is 10.2. The highest BCUT2D eigenvalue weighted by Crippen LogP contribution is 2.34. The van der Waals surface area contributed by atoms with E-state index >= 15 is 0 Å². The van der Waals surface area contributed by atoms with E-state index in [-0.39, 0.29) is 5.92 Å². The van der Waals surface area contributed by atoms with Crippen LogP contribution in [0.15, 0.2) is 36.7 Å². The molecule has 7 nitrogen and oxygen atoms in total. The molecule has 3 N–H and O–H groups in total. The van der Waals surface area contributed by atoms with Crippen LogP contribution in [0.25, 0.3) is 5.65 Å². The maximum absolute atomic E-state index is 10.2. The quantitative estimate of drug-likeness (QED) is 0.659. The van der Waals surface area contributed by atoms with Gasteiger partial charge in [-0.25, -0.2) is 4.98 Å². The third kappa shape index (κ3) is 3.06. The van der Waals surface area contributed by atoms with Crippen LogP contribution in [-0.4, -0.2) is 42.0 Å². The molecular formula is C17H18ClN5O2. The third-order valence-corrected chi connectivity index (χ3v) is 4.85. The van der Waals surface area contributed by atoms with Crippen molar-refractivity contribution in [2.45, 2.75) is 37.5 Å². The molecule has 0 aliphatic heterocycles. The zero-order valence-corrected chi connectivity index (χ0v) is 14.1. The Labute approximate surface area is 149 Å². The van der Waals surface area contributed by atoms with Crippen molar-refractivity contribution in [2.24, 2.45) is 0 Å². The van der Waals surface area contributed by atoms with Crippen molar-refractivity contribution in [1.82, 2.24) is 19.6 Å². The van der Waals surface area contributed by atoms with E-state index in [2.05, 4.69) is 20.5 Å². The Morgan fingerprint density at radius 2 is 2.12 bits per heavy atom. The number of rotatable bonds is 4. The summed E-state index contributed by atoms with van der Waals surface area (Å²) in [6.45, 7) is 0.556. The first-order chi connectivity index (χ1) is 12.1. The summed E-state index contributed by atoms with van der Waals surface area (Å²) >= 11 is 6.01. The first-order valence-electron chi connectivity index (χ1n) is 8.17. The van der Waals surface area contributed by atoms with Gasteiger partial charge in [-0.15, -0.1) is 10.2 Å². The lowest BCUT2D eigenvalue weighted by Crippen LogP contribution is -2.24. The number of nitrogens with zero attached hydrogens (tertiary/aromatic N) is 4. The average Bonchev–Trinajstić information content (AvgIpc) is 3.17. The summed E-state index contributed by atoms with van der Waals surface area (Å²) in [5.41, 5.74) is 1.62. The molecule has 25 heavy (non-hydrogen) atoms. The molecule has 0 spiro atoms. The minimum Gasteiger partial charge on any atom is -0.390 e. The highest BCUT2D eigenvalue weighted by atomic mass is 35.5. The van der Waals surface area contributed by atoms with Gasteiger partial charge in [0.15, 0.2) is 5.82 Å². The highest BCUT2D eigenvalue weighted by molar-refractivity contribution is 6.30. The summed E-state index contributed by atoms with van der Waals surface area (Å²) in [5.74, 6) is 1.02. The van der Waals surface area contributed by atoms with Gasteiger partial charge in [-0.2, -0.15) is 0 Å². The highest BCUT2D eigenvalue weighted by Gasteiger charge is 2.37. The number of hydrogen-bond acceptors (Lipinski definition) is 6. The van der Waals surface area contributed by atoms with Gasteiger partial charge in [-0.3, -0.25) is 4.40 Å². The molecule has 3 atom stereocenters. The standard InChI is InChI=1S/C17H18ClN5O2/c18-11-3-1-2-10(8-11)9-20-15-17-22-21-16(23(17)7-6-19-15)12-4-5-13(24)14(12)25/h1-3,6-8,12-14,24-25H,4-5,9H2,(H,19,20)/t12-,13-,14+/m1/s1. The van der Waals surface area contributed by atoms with Crippen LogP contribution >= 0.6 is 11.6 Å². The molecule has 0 amide bonds. The van der Waals surface area contributed by atoms with Crippen molar-refractivity contribution in [2.75, 3.05) is 5.32 Å². The number of aliphatic hydroxyl groups is 2. The normalized spacial score (nSPS) is 23.2. The van der Waals surface area contributed by atoms with Gasteiger partial charge in [0.2, 0.25) is 5.65 Å². The lowest BCUT2D eigenvalue weighted by atomic mass is 10.1. The predicted octanol–water partition coefficient (Wildman–Crippen LogP) is 1.99. The zero-order chi connectivity index (χ0) is 17.4. The number of hydrogen-bond donors (Lipinski definition) is 3. The van der Waals surface area contributed by atoms with Crippen molar-refractivity contribution in [3.63, 3.8) is 0 Å². The zero-order valence-electron chi connectivity index (χ0n) is 13.4.